The minimum atomic E-state index is -0.256. The van der Waals surface area contributed by atoms with Gasteiger partial charge in [0.2, 0.25) is 5.95 Å². The predicted octanol–water partition coefficient (Wildman–Crippen LogP) is 2.19. The van der Waals surface area contributed by atoms with Crippen LogP contribution in [0.4, 0.5) is 5.95 Å². The highest BCUT2D eigenvalue weighted by molar-refractivity contribution is 6.04. The quantitative estimate of drug-likeness (QED) is 0.751. The largest absolute Gasteiger partial charge is 0.497 e. The molecule has 0 bridgehead atoms. The van der Waals surface area contributed by atoms with Gasteiger partial charge in [-0.05, 0) is 30.2 Å². The molecule has 0 atom stereocenters. The summed E-state index contributed by atoms with van der Waals surface area (Å²) >= 11 is 0. The number of carbonyl (C=O) groups excluding carboxylic acids is 1. The highest BCUT2D eigenvalue weighted by Gasteiger charge is 2.13. The summed E-state index contributed by atoms with van der Waals surface area (Å²) in [5.41, 5.74) is 7.77. The molecule has 6 heteroatoms. The van der Waals surface area contributed by atoms with Gasteiger partial charge in [-0.15, -0.1) is 0 Å². The standard InChI is InChI=1S/C18H18N4O2/c1-24-13-8-6-12(7-9-13)10-11-20-17(23)16-14-4-2-3-5-15(14)21-18(19)22-16/h2-9H,10-11H2,1H3,(H,20,23)(H2,19,21,22). The molecule has 0 unspecified atom stereocenters. The highest BCUT2D eigenvalue weighted by Crippen LogP contribution is 2.16. The Balaban J connectivity index is 1.69. The number of carbonyl (C=O) groups is 1. The van der Waals surface area contributed by atoms with E-state index in [1.54, 1.807) is 7.11 Å². The summed E-state index contributed by atoms with van der Waals surface area (Å²) in [6, 6.07) is 15.1. The van der Waals surface area contributed by atoms with Gasteiger partial charge in [-0.2, -0.15) is 0 Å². The SMILES string of the molecule is COc1ccc(CCNC(=O)c2nc(N)nc3ccccc23)cc1. The predicted molar refractivity (Wildman–Crippen MR) is 93.0 cm³/mol. The fraction of sp³-hybridized carbons (Fsp3) is 0.167. The number of methoxy groups -OCH3 is 1. The zero-order valence-corrected chi connectivity index (χ0v) is 13.3. The Morgan fingerprint density at radius 2 is 1.88 bits per heavy atom. The summed E-state index contributed by atoms with van der Waals surface area (Å²) in [6.07, 6.45) is 0.717. The second-order valence-electron chi connectivity index (χ2n) is 5.30. The van der Waals surface area contributed by atoms with Crippen LogP contribution in [0.25, 0.3) is 10.9 Å². The van der Waals surface area contributed by atoms with Crippen molar-refractivity contribution in [2.45, 2.75) is 6.42 Å². The van der Waals surface area contributed by atoms with Crippen LogP contribution >= 0.6 is 0 Å². The fourth-order valence-corrected chi connectivity index (χ4v) is 2.46. The number of fused-ring (bicyclic) bond motifs is 1. The van der Waals surface area contributed by atoms with E-state index in [4.69, 9.17) is 10.5 Å². The lowest BCUT2D eigenvalue weighted by Gasteiger charge is -2.08. The van der Waals surface area contributed by atoms with E-state index >= 15 is 0 Å². The van der Waals surface area contributed by atoms with E-state index in [0.717, 1.165) is 11.3 Å². The minimum absolute atomic E-state index is 0.0917. The topological polar surface area (TPSA) is 90.1 Å². The van der Waals surface area contributed by atoms with Crippen molar-refractivity contribution in [2.24, 2.45) is 0 Å². The molecule has 0 radical (unpaired) electrons. The second-order valence-corrected chi connectivity index (χ2v) is 5.30. The first-order valence-corrected chi connectivity index (χ1v) is 7.61. The van der Waals surface area contributed by atoms with Gasteiger partial charge in [-0.1, -0.05) is 30.3 Å². The van der Waals surface area contributed by atoms with E-state index in [-0.39, 0.29) is 11.9 Å². The van der Waals surface area contributed by atoms with Crippen LogP contribution in [0, 0.1) is 0 Å². The van der Waals surface area contributed by atoms with Crippen molar-refractivity contribution in [3.8, 4) is 5.75 Å². The molecule has 6 nitrogen and oxygen atoms in total. The Kier molecular flexibility index (Phi) is 4.56. The highest BCUT2D eigenvalue weighted by atomic mass is 16.5. The Morgan fingerprint density at radius 1 is 1.12 bits per heavy atom. The summed E-state index contributed by atoms with van der Waals surface area (Å²) < 4.78 is 5.13. The Hall–Kier alpha value is -3.15. The van der Waals surface area contributed by atoms with Crippen LogP contribution in [0.2, 0.25) is 0 Å². The third-order valence-corrected chi connectivity index (χ3v) is 3.69. The van der Waals surface area contributed by atoms with Crippen LogP contribution in [-0.4, -0.2) is 29.5 Å². The van der Waals surface area contributed by atoms with Gasteiger partial charge in [0.1, 0.15) is 11.4 Å². The van der Waals surface area contributed by atoms with Gasteiger partial charge in [0.05, 0.1) is 12.6 Å². The molecular weight excluding hydrogens is 304 g/mol. The number of hydrogen-bond acceptors (Lipinski definition) is 5. The number of para-hydroxylation sites is 1. The van der Waals surface area contributed by atoms with Gasteiger partial charge in [-0.3, -0.25) is 4.79 Å². The third kappa shape index (κ3) is 3.43. The van der Waals surface area contributed by atoms with Gasteiger partial charge >= 0.3 is 0 Å². The molecule has 1 aromatic heterocycles. The zero-order chi connectivity index (χ0) is 16.9. The average Bonchev–Trinajstić information content (AvgIpc) is 2.61. The lowest BCUT2D eigenvalue weighted by Crippen LogP contribution is -2.27. The van der Waals surface area contributed by atoms with Crippen LogP contribution < -0.4 is 15.8 Å². The second kappa shape index (κ2) is 6.95. The molecule has 3 N–H and O–H groups in total. The molecule has 3 rings (SSSR count). The number of anilines is 1. The summed E-state index contributed by atoms with van der Waals surface area (Å²) in [5.74, 6) is 0.647. The number of rotatable bonds is 5. The molecule has 0 aliphatic rings. The van der Waals surface area contributed by atoms with Crippen molar-refractivity contribution in [1.29, 1.82) is 0 Å². The number of amides is 1. The molecule has 0 aliphatic heterocycles. The molecule has 3 aromatic rings. The number of aromatic nitrogens is 2. The number of ether oxygens (including phenoxy) is 1. The van der Waals surface area contributed by atoms with Crippen molar-refractivity contribution in [1.82, 2.24) is 15.3 Å². The van der Waals surface area contributed by atoms with Gasteiger partial charge in [0.15, 0.2) is 0 Å². The number of nitrogens with one attached hydrogen (secondary N) is 1. The molecule has 1 heterocycles. The molecule has 0 spiro atoms. The van der Waals surface area contributed by atoms with Crippen LogP contribution in [0.5, 0.6) is 5.75 Å². The van der Waals surface area contributed by atoms with Crippen LogP contribution in [0.15, 0.2) is 48.5 Å². The van der Waals surface area contributed by atoms with Crippen LogP contribution in [0.3, 0.4) is 0 Å². The summed E-state index contributed by atoms with van der Waals surface area (Å²) in [5, 5.41) is 3.57. The van der Waals surface area contributed by atoms with Crippen molar-refractivity contribution in [3.05, 3.63) is 59.8 Å². The van der Waals surface area contributed by atoms with Crippen molar-refractivity contribution >= 4 is 22.8 Å². The van der Waals surface area contributed by atoms with Crippen LogP contribution in [0.1, 0.15) is 16.1 Å². The molecule has 0 fully saturated rings. The minimum Gasteiger partial charge on any atom is -0.497 e. The smallest absolute Gasteiger partial charge is 0.270 e. The normalized spacial score (nSPS) is 10.5. The molecule has 0 aliphatic carbocycles. The van der Waals surface area contributed by atoms with Gasteiger partial charge in [-0.25, -0.2) is 9.97 Å². The third-order valence-electron chi connectivity index (χ3n) is 3.69. The monoisotopic (exact) mass is 322 g/mol. The summed E-state index contributed by atoms with van der Waals surface area (Å²) in [7, 11) is 1.63. The number of benzene rings is 2. The number of hydrogen-bond donors (Lipinski definition) is 2. The molecule has 24 heavy (non-hydrogen) atoms. The average molecular weight is 322 g/mol. The zero-order valence-electron chi connectivity index (χ0n) is 13.3. The molecular formula is C18H18N4O2. The first-order valence-electron chi connectivity index (χ1n) is 7.61. The summed E-state index contributed by atoms with van der Waals surface area (Å²) in [4.78, 5) is 20.6. The van der Waals surface area contributed by atoms with E-state index in [2.05, 4.69) is 15.3 Å². The van der Waals surface area contributed by atoms with E-state index in [9.17, 15) is 4.79 Å². The molecule has 122 valence electrons. The van der Waals surface area contributed by atoms with Crippen molar-refractivity contribution in [2.75, 3.05) is 19.4 Å². The van der Waals surface area contributed by atoms with E-state index in [0.29, 0.717) is 29.6 Å². The van der Waals surface area contributed by atoms with E-state index in [1.165, 1.54) is 0 Å². The molecule has 0 saturated heterocycles. The maximum atomic E-state index is 12.4. The van der Waals surface area contributed by atoms with Gasteiger partial charge in [0.25, 0.3) is 5.91 Å². The maximum Gasteiger partial charge on any atom is 0.270 e. The lowest BCUT2D eigenvalue weighted by molar-refractivity contribution is 0.0951. The van der Waals surface area contributed by atoms with Gasteiger partial charge < -0.3 is 15.8 Å². The number of nitrogens with zero attached hydrogens (tertiary/aromatic N) is 2. The molecule has 0 saturated carbocycles. The Labute approximate surface area is 139 Å². The maximum absolute atomic E-state index is 12.4. The van der Waals surface area contributed by atoms with Crippen molar-refractivity contribution < 1.29 is 9.53 Å². The van der Waals surface area contributed by atoms with E-state index in [1.807, 2.05) is 48.5 Å². The number of nitrogen functional groups attached to an aromatic ring is 1. The Morgan fingerprint density at radius 3 is 2.62 bits per heavy atom. The van der Waals surface area contributed by atoms with Crippen LogP contribution in [-0.2, 0) is 6.42 Å². The summed E-state index contributed by atoms with van der Waals surface area (Å²) in [6.45, 7) is 0.503. The lowest BCUT2D eigenvalue weighted by atomic mass is 10.1. The first kappa shape index (κ1) is 15.7. The van der Waals surface area contributed by atoms with E-state index < -0.39 is 0 Å². The molecule has 1 amide bonds. The number of nitrogens with two attached hydrogens (primary N) is 1. The van der Waals surface area contributed by atoms with Gasteiger partial charge in [0, 0.05) is 11.9 Å². The first-order chi connectivity index (χ1) is 11.7. The fourth-order valence-electron chi connectivity index (χ4n) is 2.46. The Bertz CT molecular complexity index is 863. The molecule has 2 aromatic carbocycles. The van der Waals surface area contributed by atoms with Crippen molar-refractivity contribution in [3.63, 3.8) is 0 Å².